The van der Waals surface area contributed by atoms with Crippen molar-refractivity contribution in [3.05, 3.63) is 96.2 Å². The number of para-hydroxylation sites is 2. The molecule has 0 fully saturated rings. The van der Waals surface area contributed by atoms with Gasteiger partial charge in [-0.25, -0.2) is 8.78 Å². The Balaban J connectivity index is 1.40. The summed E-state index contributed by atoms with van der Waals surface area (Å²) in [6.07, 6.45) is 1.92. The highest BCUT2D eigenvalue weighted by Crippen LogP contribution is 2.30. The van der Waals surface area contributed by atoms with E-state index in [2.05, 4.69) is 10.6 Å². The third kappa shape index (κ3) is 5.40. The molecule has 1 aromatic heterocycles. The van der Waals surface area contributed by atoms with E-state index in [0.29, 0.717) is 6.54 Å². The maximum absolute atomic E-state index is 13.8. The molecule has 0 aliphatic carbocycles. The van der Waals surface area contributed by atoms with Crippen molar-refractivity contribution in [3.8, 4) is 0 Å². The number of carbonyl (C=O) groups is 2. The lowest BCUT2D eigenvalue weighted by Crippen LogP contribution is -2.28. The van der Waals surface area contributed by atoms with Crippen molar-refractivity contribution in [3.63, 3.8) is 0 Å². The predicted molar refractivity (Wildman–Crippen MR) is 126 cm³/mol. The Morgan fingerprint density at radius 1 is 0.879 bits per heavy atom. The number of anilines is 1. The van der Waals surface area contributed by atoms with Gasteiger partial charge >= 0.3 is 0 Å². The highest BCUT2D eigenvalue weighted by molar-refractivity contribution is 8.00. The van der Waals surface area contributed by atoms with Crippen LogP contribution < -0.4 is 10.6 Å². The number of hydrogen-bond donors (Lipinski definition) is 2. The molecular formula is C25H21F2N3O2S. The molecule has 168 valence electrons. The van der Waals surface area contributed by atoms with E-state index in [1.165, 1.54) is 17.8 Å². The van der Waals surface area contributed by atoms with E-state index in [1.54, 1.807) is 0 Å². The largest absolute Gasteiger partial charge is 0.350 e. The van der Waals surface area contributed by atoms with Gasteiger partial charge in [0.05, 0.1) is 5.75 Å². The minimum Gasteiger partial charge on any atom is -0.350 e. The highest BCUT2D eigenvalue weighted by Gasteiger charge is 2.17. The molecule has 1 heterocycles. The summed E-state index contributed by atoms with van der Waals surface area (Å²) in [4.78, 5) is 25.5. The second-order valence-electron chi connectivity index (χ2n) is 7.26. The van der Waals surface area contributed by atoms with Gasteiger partial charge in [-0.3, -0.25) is 9.59 Å². The van der Waals surface area contributed by atoms with Crippen LogP contribution in [0.4, 0.5) is 14.5 Å². The molecule has 0 bridgehead atoms. The Labute approximate surface area is 193 Å². The van der Waals surface area contributed by atoms with Crippen molar-refractivity contribution in [1.82, 2.24) is 9.88 Å². The lowest BCUT2D eigenvalue weighted by Gasteiger charge is -2.09. The maximum atomic E-state index is 13.8. The van der Waals surface area contributed by atoms with Crippen LogP contribution in [-0.2, 0) is 11.3 Å². The Morgan fingerprint density at radius 2 is 1.58 bits per heavy atom. The third-order valence-electron chi connectivity index (χ3n) is 5.00. The number of carbonyl (C=O) groups excluding carboxylic acids is 2. The van der Waals surface area contributed by atoms with Crippen molar-refractivity contribution in [2.45, 2.75) is 11.4 Å². The first kappa shape index (κ1) is 22.5. The molecule has 0 radical (unpaired) electrons. The summed E-state index contributed by atoms with van der Waals surface area (Å²) in [5.74, 6) is -2.46. The highest BCUT2D eigenvalue weighted by atomic mass is 32.2. The Morgan fingerprint density at radius 3 is 2.33 bits per heavy atom. The predicted octanol–water partition coefficient (Wildman–Crippen LogP) is 5.08. The Bertz CT molecular complexity index is 1270. The van der Waals surface area contributed by atoms with Crippen molar-refractivity contribution in [2.75, 3.05) is 17.6 Å². The fourth-order valence-electron chi connectivity index (χ4n) is 3.47. The smallest absolute Gasteiger partial charge is 0.257 e. The molecule has 0 unspecified atom stereocenters. The van der Waals surface area contributed by atoms with E-state index in [4.69, 9.17) is 0 Å². The van der Waals surface area contributed by atoms with Crippen LogP contribution in [0.3, 0.4) is 0 Å². The van der Waals surface area contributed by atoms with Gasteiger partial charge in [0.25, 0.3) is 5.91 Å². The van der Waals surface area contributed by atoms with Crippen molar-refractivity contribution >= 4 is 40.2 Å². The second-order valence-corrected chi connectivity index (χ2v) is 8.28. The van der Waals surface area contributed by atoms with Gasteiger partial charge in [-0.05, 0) is 30.3 Å². The van der Waals surface area contributed by atoms with Gasteiger partial charge in [0, 0.05) is 40.8 Å². The molecule has 0 saturated carbocycles. The number of benzene rings is 3. The van der Waals surface area contributed by atoms with Gasteiger partial charge in [0.1, 0.15) is 17.2 Å². The van der Waals surface area contributed by atoms with Crippen LogP contribution in [0.1, 0.15) is 10.4 Å². The standard InChI is InChI=1S/C25H21F2N3O2S/c26-19-10-6-11-20(27)24(19)25(32)28-13-14-30-15-22(18-9-4-5-12-21(18)30)33-16-23(31)29-17-7-2-1-3-8-17/h1-12,15H,13-14,16H2,(H,28,32)(H,29,31). The van der Waals surface area contributed by atoms with Gasteiger partial charge in [-0.2, -0.15) is 0 Å². The molecule has 0 aliphatic rings. The topological polar surface area (TPSA) is 63.1 Å². The number of halogens is 2. The van der Waals surface area contributed by atoms with Crippen LogP contribution in [0, 0.1) is 11.6 Å². The average molecular weight is 466 g/mol. The number of aromatic nitrogens is 1. The first-order chi connectivity index (χ1) is 16.0. The summed E-state index contributed by atoms with van der Waals surface area (Å²) in [7, 11) is 0. The van der Waals surface area contributed by atoms with E-state index in [0.717, 1.165) is 33.6 Å². The average Bonchev–Trinajstić information content (AvgIpc) is 3.16. The summed E-state index contributed by atoms with van der Waals surface area (Å²) in [5, 5.41) is 6.42. The van der Waals surface area contributed by atoms with Crippen LogP contribution in [-0.4, -0.2) is 28.7 Å². The maximum Gasteiger partial charge on any atom is 0.257 e. The fourth-order valence-corrected chi connectivity index (χ4v) is 4.36. The number of rotatable bonds is 8. The molecule has 4 rings (SSSR count). The molecule has 4 aromatic rings. The molecular weight excluding hydrogens is 444 g/mol. The summed E-state index contributed by atoms with van der Waals surface area (Å²) in [5.41, 5.74) is 1.10. The number of amides is 2. The van der Waals surface area contributed by atoms with Gasteiger partial charge in [-0.1, -0.05) is 42.5 Å². The summed E-state index contributed by atoms with van der Waals surface area (Å²) in [6.45, 7) is 0.586. The normalized spacial score (nSPS) is 10.8. The lowest BCUT2D eigenvalue weighted by atomic mass is 10.2. The monoisotopic (exact) mass is 465 g/mol. The molecule has 0 aliphatic heterocycles. The summed E-state index contributed by atoms with van der Waals surface area (Å²) < 4.78 is 29.6. The molecule has 2 N–H and O–H groups in total. The van der Waals surface area contributed by atoms with Gasteiger partial charge in [0.15, 0.2) is 0 Å². The minimum absolute atomic E-state index is 0.109. The van der Waals surface area contributed by atoms with E-state index in [9.17, 15) is 18.4 Å². The van der Waals surface area contributed by atoms with Crippen LogP contribution in [0.2, 0.25) is 0 Å². The molecule has 0 spiro atoms. The van der Waals surface area contributed by atoms with E-state index >= 15 is 0 Å². The van der Waals surface area contributed by atoms with Crippen LogP contribution >= 0.6 is 11.8 Å². The Hall–Kier alpha value is -3.65. The van der Waals surface area contributed by atoms with E-state index in [-0.39, 0.29) is 18.2 Å². The number of nitrogens with zero attached hydrogens (tertiary/aromatic N) is 1. The van der Waals surface area contributed by atoms with Crippen molar-refractivity contribution < 1.29 is 18.4 Å². The van der Waals surface area contributed by atoms with Gasteiger partial charge in [0.2, 0.25) is 5.91 Å². The summed E-state index contributed by atoms with van der Waals surface area (Å²) in [6, 6.07) is 20.3. The molecule has 2 amide bonds. The Kier molecular flexibility index (Phi) is 7.04. The second kappa shape index (κ2) is 10.3. The SMILES string of the molecule is O=C(CSc1cn(CCNC(=O)c2c(F)cccc2F)c2ccccc12)Nc1ccccc1. The van der Waals surface area contributed by atoms with E-state index < -0.39 is 23.1 Å². The molecule has 33 heavy (non-hydrogen) atoms. The minimum atomic E-state index is -0.897. The first-order valence-electron chi connectivity index (χ1n) is 10.3. The van der Waals surface area contributed by atoms with E-state index in [1.807, 2.05) is 65.4 Å². The molecule has 3 aromatic carbocycles. The third-order valence-corrected chi connectivity index (χ3v) is 6.04. The molecule has 0 saturated heterocycles. The number of thioether (sulfide) groups is 1. The fraction of sp³-hybridized carbons (Fsp3) is 0.120. The first-order valence-corrected chi connectivity index (χ1v) is 11.3. The molecule has 5 nitrogen and oxygen atoms in total. The van der Waals surface area contributed by atoms with Crippen molar-refractivity contribution in [2.24, 2.45) is 0 Å². The number of hydrogen-bond acceptors (Lipinski definition) is 3. The van der Waals surface area contributed by atoms with Crippen LogP contribution in [0.5, 0.6) is 0 Å². The molecule has 0 atom stereocenters. The van der Waals surface area contributed by atoms with Gasteiger partial charge in [-0.15, -0.1) is 11.8 Å². The lowest BCUT2D eigenvalue weighted by molar-refractivity contribution is -0.113. The summed E-state index contributed by atoms with van der Waals surface area (Å²) >= 11 is 1.42. The molecule has 8 heteroatoms. The zero-order chi connectivity index (χ0) is 23.2. The zero-order valence-corrected chi connectivity index (χ0v) is 18.4. The quantitative estimate of drug-likeness (QED) is 0.357. The zero-order valence-electron chi connectivity index (χ0n) is 17.6. The van der Waals surface area contributed by atoms with Crippen LogP contribution in [0.25, 0.3) is 10.9 Å². The number of nitrogens with one attached hydrogen (secondary N) is 2. The number of fused-ring (bicyclic) bond motifs is 1. The van der Waals surface area contributed by atoms with Gasteiger partial charge < -0.3 is 15.2 Å². The van der Waals surface area contributed by atoms with Crippen LogP contribution in [0.15, 0.2) is 83.9 Å². The van der Waals surface area contributed by atoms with Crippen molar-refractivity contribution in [1.29, 1.82) is 0 Å².